The van der Waals surface area contributed by atoms with Gasteiger partial charge in [0.2, 0.25) is 0 Å². The maximum atomic E-state index is 12.4. The molecule has 0 bridgehead atoms. The summed E-state index contributed by atoms with van der Waals surface area (Å²) >= 11 is 0. The first-order chi connectivity index (χ1) is 9.22. The lowest BCUT2D eigenvalue weighted by atomic mass is 9.92. The minimum absolute atomic E-state index is 0.0684. The van der Waals surface area contributed by atoms with E-state index in [9.17, 15) is 4.79 Å². The summed E-state index contributed by atoms with van der Waals surface area (Å²) < 4.78 is 0. The van der Waals surface area contributed by atoms with Gasteiger partial charge in [-0.25, -0.2) is 0 Å². The number of carbonyl (C=O) groups is 1. The Morgan fingerprint density at radius 1 is 1.05 bits per heavy atom. The van der Waals surface area contributed by atoms with Crippen LogP contribution in [0.1, 0.15) is 49.9 Å². The zero-order valence-corrected chi connectivity index (χ0v) is 14.0. The highest BCUT2D eigenvalue weighted by Crippen LogP contribution is 2.17. The van der Waals surface area contributed by atoms with Gasteiger partial charge in [0.05, 0.1) is 6.04 Å². The number of carbonyl (C=O) groups excluding carboxylic acids is 1. The summed E-state index contributed by atoms with van der Waals surface area (Å²) in [6, 6.07) is 4.66. The standard InChI is InChI=1S/C18H29NO/c1-11(2)18(20)17(19-12(3)4)10-16-8-13(5)15(7)14(6)9-16/h8-9,11-12,17,19H,10H2,1-7H3. The van der Waals surface area contributed by atoms with E-state index in [0.717, 1.165) is 6.42 Å². The van der Waals surface area contributed by atoms with Crippen LogP contribution in [-0.2, 0) is 11.2 Å². The van der Waals surface area contributed by atoms with Crippen LogP contribution in [0.25, 0.3) is 0 Å². The molecule has 0 radical (unpaired) electrons. The summed E-state index contributed by atoms with van der Waals surface area (Å²) in [5.74, 6) is 0.369. The first kappa shape index (κ1) is 16.9. The third-order valence-corrected chi connectivity index (χ3v) is 3.87. The smallest absolute Gasteiger partial charge is 0.152 e. The van der Waals surface area contributed by atoms with E-state index in [1.165, 1.54) is 22.3 Å². The molecule has 112 valence electrons. The van der Waals surface area contributed by atoms with Crippen molar-refractivity contribution in [3.05, 3.63) is 34.4 Å². The maximum Gasteiger partial charge on any atom is 0.152 e. The van der Waals surface area contributed by atoms with Gasteiger partial charge in [-0.05, 0) is 49.4 Å². The second kappa shape index (κ2) is 7.03. The van der Waals surface area contributed by atoms with Crippen molar-refractivity contribution in [3.63, 3.8) is 0 Å². The van der Waals surface area contributed by atoms with Crippen molar-refractivity contribution < 1.29 is 4.79 Å². The van der Waals surface area contributed by atoms with E-state index in [-0.39, 0.29) is 12.0 Å². The van der Waals surface area contributed by atoms with E-state index in [2.05, 4.69) is 52.1 Å². The largest absolute Gasteiger partial charge is 0.305 e. The minimum Gasteiger partial charge on any atom is -0.305 e. The molecule has 1 aromatic rings. The van der Waals surface area contributed by atoms with Crippen LogP contribution in [0.3, 0.4) is 0 Å². The minimum atomic E-state index is -0.0866. The van der Waals surface area contributed by atoms with E-state index in [0.29, 0.717) is 11.8 Å². The van der Waals surface area contributed by atoms with Crippen molar-refractivity contribution in [2.75, 3.05) is 0 Å². The van der Waals surface area contributed by atoms with Gasteiger partial charge in [-0.2, -0.15) is 0 Å². The molecule has 0 saturated carbocycles. The monoisotopic (exact) mass is 275 g/mol. The average Bonchev–Trinajstić information content (AvgIpc) is 2.33. The molecular formula is C18H29NO. The van der Waals surface area contributed by atoms with Crippen molar-refractivity contribution in [1.82, 2.24) is 5.32 Å². The third kappa shape index (κ3) is 4.45. The molecule has 1 aromatic carbocycles. The summed E-state index contributed by atoms with van der Waals surface area (Å²) in [5, 5.41) is 3.41. The van der Waals surface area contributed by atoms with Crippen molar-refractivity contribution >= 4 is 5.78 Å². The second-order valence-electron chi connectivity index (χ2n) is 6.49. The van der Waals surface area contributed by atoms with E-state index < -0.39 is 0 Å². The van der Waals surface area contributed by atoms with E-state index >= 15 is 0 Å². The van der Waals surface area contributed by atoms with Crippen molar-refractivity contribution in [1.29, 1.82) is 0 Å². The molecule has 0 aliphatic heterocycles. The highest BCUT2D eigenvalue weighted by molar-refractivity contribution is 5.86. The van der Waals surface area contributed by atoms with Crippen LogP contribution >= 0.6 is 0 Å². The number of benzene rings is 1. The summed E-state index contributed by atoms with van der Waals surface area (Å²) in [6.07, 6.45) is 0.775. The van der Waals surface area contributed by atoms with Gasteiger partial charge in [0.25, 0.3) is 0 Å². The molecule has 1 N–H and O–H groups in total. The third-order valence-electron chi connectivity index (χ3n) is 3.87. The molecule has 2 nitrogen and oxygen atoms in total. The summed E-state index contributed by atoms with van der Waals surface area (Å²) in [4.78, 5) is 12.4. The molecular weight excluding hydrogens is 246 g/mol. The molecule has 1 atom stereocenters. The van der Waals surface area contributed by atoms with Crippen LogP contribution in [0.4, 0.5) is 0 Å². The SMILES string of the molecule is Cc1cc(CC(NC(C)C)C(=O)C(C)C)cc(C)c1C. The molecule has 0 spiro atoms. The zero-order chi connectivity index (χ0) is 15.4. The maximum absolute atomic E-state index is 12.4. The lowest BCUT2D eigenvalue weighted by Crippen LogP contribution is -2.44. The van der Waals surface area contributed by atoms with Crippen LogP contribution in [-0.4, -0.2) is 17.9 Å². The molecule has 0 fully saturated rings. The molecule has 0 aliphatic carbocycles. The Balaban J connectivity index is 2.97. The summed E-state index contributed by atoms with van der Waals surface area (Å²) in [5.41, 5.74) is 5.20. The summed E-state index contributed by atoms with van der Waals surface area (Å²) in [6.45, 7) is 14.6. The molecule has 20 heavy (non-hydrogen) atoms. The van der Waals surface area contributed by atoms with Gasteiger partial charge in [-0.15, -0.1) is 0 Å². The second-order valence-corrected chi connectivity index (χ2v) is 6.49. The van der Waals surface area contributed by atoms with E-state index in [4.69, 9.17) is 0 Å². The predicted molar refractivity (Wildman–Crippen MR) is 86.3 cm³/mol. The van der Waals surface area contributed by atoms with Gasteiger partial charge in [0, 0.05) is 12.0 Å². The average molecular weight is 275 g/mol. The highest BCUT2D eigenvalue weighted by atomic mass is 16.1. The molecule has 0 amide bonds. The Morgan fingerprint density at radius 3 is 1.95 bits per heavy atom. The number of aryl methyl sites for hydroxylation is 2. The van der Waals surface area contributed by atoms with Gasteiger partial charge in [0.1, 0.15) is 0 Å². The van der Waals surface area contributed by atoms with Crippen LogP contribution in [0.15, 0.2) is 12.1 Å². The predicted octanol–water partition coefficient (Wildman–Crippen LogP) is 3.75. The van der Waals surface area contributed by atoms with Crippen LogP contribution in [0.5, 0.6) is 0 Å². The fourth-order valence-corrected chi connectivity index (χ4v) is 2.53. The molecule has 0 aliphatic rings. The Labute approximate surface area is 124 Å². The lowest BCUT2D eigenvalue weighted by molar-refractivity contribution is -0.124. The first-order valence-electron chi connectivity index (χ1n) is 7.58. The molecule has 1 unspecified atom stereocenters. The van der Waals surface area contributed by atoms with Gasteiger partial charge < -0.3 is 5.32 Å². The number of hydrogen-bond donors (Lipinski definition) is 1. The normalized spacial score (nSPS) is 13.1. The van der Waals surface area contributed by atoms with Crippen LogP contribution in [0.2, 0.25) is 0 Å². The van der Waals surface area contributed by atoms with Crippen molar-refractivity contribution in [2.24, 2.45) is 5.92 Å². The molecule has 0 heterocycles. The van der Waals surface area contributed by atoms with Crippen LogP contribution in [0, 0.1) is 26.7 Å². The first-order valence-corrected chi connectivity index (χ1v) is 7.58. The van der Waals surface area contributed by atoms with Gasteiger partial charge >= 0.3 is 0 Å². The Hall–Kier alpha value is -1.15. The molecule has 0 aromatic heterocycles. The van der Waals surface area contributed by atoms with E-state index in [1.807, 2.05) is 13.8 Å². The zero-order valence-electron chi connectivity index (χ0n) is 14.0. The Bertz CT molecular complexity index is 451. The van der Waals surface area contributed by atoms with Crippen molar-refractivity contribution in [3.8, 4) is 0 Å². The molecule has 2 heteroatoms. The van der Waals surface area contributed by atoms with Gasteiger partial charge in [-0.3, -0.25) is 4.79 Å². The van der Waals surface area contributed by atoms with E-state index in [1.54, 1.807) is 0 Å². The lowest BCUT2D eigenvalue weighted by Gasteiger charge is -2.22. The highest BCUT2D eigenvalue weighted by Gasteiger charge is 2.22. The molecule has 0 saturated heterocycles. The quantitative estimate of drug-likeness (QED) is 0.856. The number of Topliss-reactive ketones (excluding diaryl/α,β-unsaturated/α-hetero) is 1. The van der Waals surface area contributed by atoms with Crippen molar-refractivity contribution in [2.45, 2.75) is 67.0 Å². The van der Waals surface area contributed by atoms with Gasteiger partial charge in [-0.1, -0.05) is 39.8 Å². The number of nitrogens with one attached hydrogen (secondary N) is 1. The Kier molecular flexibility index (Phi) is 5.94. The number of ketones is 1. The molecule has 1 rings (SSSR count). The van der Waals surface area contributed by atoms with Gasteiger partial charge in [0.15, 0.2) is 5.78 Å². The number of rotatable bonds is 6. The fraction of sp³-hybridized carbons (Fsp3) is 0.611. The van der Waals surface area contributed by atoms with Crippen LogP contribution < -0.4 is 5.32 Å². The fourth-order valence-electron chi connectivity index (χ4n) is 2.53. The Morgan fingerprint density at radius 2 is 1.55 bits per heavy atom. The summed E-state index contributed by atoms with van der Waals surface area (Å²) in [7, 11) is 0. The topological polar surface area (TPSA) is 29.1 Å². The number of hydrogen-bond acceptors (Lipinski definition) is 2.